The molecule has 0 bridgehead atoms. The van der Waals surface area contributed by atoms with Crippen molar-refractivity contribution in [2.75, 3.05) is 18.2 Å². The van der Waals surface area contributed by atoms with Crippen molar-refractivity contribution in [3.8, 4) is 0 Å². The Bertz CT molecular complexity index is 458. The van der Waals surface area contributed by atoms with Gasteiger partial charge in [0.15, 0.2) is 0 Å². The first-order valence-electron chi connectivity index (χ1n) is 6.74. The number of nitrogens with one attached hydrogen (secondary N) is 1. The Labute approximate surface area is 113 Å². The van der Waals surface area contributed by atoms with Gasteiger partial charge in [0, 0.05) is 6.04 Å². The van der Waals surface area contributed by atoms with E-state index in [4.69, 9.17) is 10.5 Å². The standard InChI is InChI=1S/C14H21N3O2/c1-3-10(6-9-4-5-9)17-13-7-11(14(18)19-2)12(15)8-16-13/h7-10H,3-6,15H2,1-2H3,(H,16,17). The molecule has 1 unspecified atom stereocenters. The number of esters is 1. The molecule has 5 nitrogen and oxygen atoms in total. The SMILES string of the molecule is CCC(CC1CC1)Nc1cc(C(=O)OC)c(N)cn1. The van der Waals surface area contributed by atoms with Gasteiger partial charge in [0.1, 0.15) is 5.82 Å². The predicted octanol–water partition coefficient (Wildman–Crippen LogP) is 2.44. The molecule has 1 saturated carbocycles. The monoisotopic (exact) mass is 263 g/mol. The number of ether oxygens (including phenoxy) is 1. The van der Waals surface area contributed by atoms with E-state index >= 15 is 0 Å². The zero-order valence-electron chi connectivity index (χ0n) is 11.5. The molecule has 0 spiro atoms. The topological polar surface area (TPSA) is 77.2 Å². The van der Waals surface area contributed by atoms with Gasteiger partial charge in [0.05, 0.1) is 24.6 Å². The first-order chi connectivity index (χ1) is 9.13. The van der Waals surface area contributed by atoms with Crippen LogP contribution in [0.15, 0.2) is 12.3 Å². The van der Waals surface area contributed by atoms with Gasteiger partial charge in [0.25, 0.3) is 0 Å². The number of anilines is 2. The van der Waals surface area contributed by atoms with Gasteiger partial charge in [-0.3, -0.25) is 0 Å². The van der Waals surface area contributed by atoms with E-state index in [1.807, 2.05) is 0 Å². The summed E-state index contributed by atoms with van der Waals surface area (Å²) in [6.45, 7) is 2.15. The van der Waals surface area contributed by atoms with Gasteiger partial charge >= 0.3 is 5.97 Å². The van der Waals surface area contributed by atoms with Crippen LogP contribution in [0, 0.1) is 5.92 Å². The van der Waals surface area contributed by atoms with Crippen LogP contribution in [0.25, 0.3) is 0 Å². The number of nitrogens with two attached hydrogens (primary N) is 1. The molecule has 19 heavy (non-hydrogen) atoms. The fourth-order valence-corrected chi connectivity index (χ4v) is 2.12. The average molecular weight is 263 g/mol. The van der Waals surface area contributed by atoms with Crippen LogP contribution < -0.4 is 11.1 Å². The third-order valence-corrected chi connectivity index (χ3v) is 3.50. The molecule has 0 radical (unpaired) electrons. The fourth-order valence-electron chi connectivity index (χ4n) is 2.12. The number of hydrogen-bond acceptors (Lipinski definition) is 5. The van der Waals surface area contributed by atoms with E-state index in [2.05, 4.69) is 17.2 Å². The molecule has 0 aromatic carbocycles. The lowest BCUT2D eigenvalue weighted by Gasteiger charge is -2.18. The molecule has 1 fully saturated rings. The van der Waals surface area contributed by atoms with Crippen LogP contribution >= 0.6 is 0 Å². The molecule has 1 atom stereocenters. The smallest absolute Gasteiger partial charge is 0.340 e. The first kappa shape index (κ1) is 13.6. The summed E-state index contributed by atoms with van der Waals surface area (Å²) in [5, 5.41) is 3.37. The average Bonchev–Trinajstić information content (AvgIpc) is 3.23. The van der Waals surface area contributed by atoms with E-state index in [1.165, 1.54) is 26.1 Å². The van der Waals surface area contributed by atoms with E-state index < -0.39 is 5.97 Å². The maximum absolute atomic E-state index is 11.6. The van der Waals surface area contributed by atoms with Crippen molar-refractivity contribution in [2.45, 2.75) is 38.6 Å². The Hall–Kier alpha value is -1.78. The number of carbonyl (C=O) groups is 1. The van der Waals surface area contributed by atoms with Crippen molar-refractivity contribution in [3.05, 3.63) is 17.8 Å². The van der Waals surface area contributed by atoms with Crippen LogP contribution in [0.5, 0.6) is 0 Å². The number of nitrogen functional groups attached to an aromatic ring is 1. The lowest BCUT2D eigenvalue weighted by molar-refractivity contribution is 0.0602. The molecule has 1 heterocycles. The Morgan fingerprint density at radius 2 is 2.37 bits per heavy atom. The highest BCUT2D eigenvalue weighted by Gasteiger charge is 2.25. The molecule has 1 aromatic rings. The molecule has 104 valence electrons. The van der Waals surface area contributed by atoms with E-state index in [0.717, 1.165) is 18.8 Å². The maximum Gasteiger partial charge on any atom is 0.340 e. The Morgan fingerprint density at radius 1 is 1.63 bits per heavy atom. The van der Waals surface area contributed by atoms with Crippen molar-refractivity contribution >= 4 is 17.5 Å². The highest BCUT2D eigenvalue weighted by molar-refractivity contribution is 5.95. The fraction of sp³-hybridized carbons (Fsp3) is 0.571. The molecule has 1 aliphatic carbocycles. The van der Waals surface area contributed by atoms with Crippen molar-refractivity contribution in [2.24, 2.45) is 5.92 Å². The van der Waals surface area contributed by atoms with E-state index in [9.17, 15) is 4.79 Å². The summed E-state index contributed by atoms with van der Waals surface area (Å²) in [7, 11) is 1.34. The number of nitrogens with zero attached hydrogens (tertiary/aromatic N) is 1. The summed E-state index contributed by atoms with van der Waals surface area (Å²) in [4.78, 5) is 15.8. The van der Waals surface area contributed by atoms with Crippen molar-refractivity contribution in [1.82, 2.24) is 4.98 Å². The second kappa shape index (κ2) is 5.91. The predicted molar refractivity (Wildman–Crippen MR) is 75.0 cm³/mol. The van der Waals surface area contributed by atoms with Gasteiger partial charge in [0.2, 0.25) is 0 Å². The third-order valence-electron chi connectivity index (χ3n) is 3.50. The minimum absolute atomic E-state index is 0.340. The second-order valence-corrected chi connectivity index (χ2v) is 5.08. The van der Waals surface area contributed by atoms with Gasteiger partial charge in [-0.15, -0.1) is 0 Å². The van der Waals surface area contributed by atoms with Crippen molar-refractivity contribution < 1.29 is 9.53 Å². The lowest BCUT2D eigenvalue weighted by atomic mass is 10.1. The number of carbonyl (C=O) groups excluding carboxylic acids is 1. The Kier molecular flexibility index (Phi) is 4.24. The van der Waals surface area contributed by atoms with Crippen molar-refractivity contribution in [3.63, 3.8) is 0 Å². The first-order valence-corrected chi connectivity index (χ1v) is 6.74. The molecule has 2 rings (SSSR count). The van der Waals surface area contributed by atoms with Crippen LogP contribution in [0.2, 0.25) is 0 Å². The Morgan fingerprint density at radius 3 is 2.95 bits per heavy atom. The summed E-state index contributed by atoms with van der Waals surface area (Å²) in [6.07, 6.45) is 6.37. The minimum Gasteiger partial charge on any atom is -0.465 e. The zero-order chi connectivity index (χ0) is 13.8. The molecule has 5 heteroatoms. The summed E-state index contributed by atoms with van der Waals surface area (Å²) in [5.74, 6) is 1.10. The number of aromatic nitrogens is 1. The molecule has 0 saturated heterocycles. The van der Waals surface area contributed by atoms with Crippen LogP contribution in [0.1, 0.15) is 43.0 Å². The van der Waals surface area contributed by atoms with Gasteiger partial charge in [-0.05, 0) is 24.8 Å². The number of methoxy groups -OCH3 is 1. The number of rotatable bonds is 6. The van der Waals surface area contributed by atoms with Crippen LogP contribution in [-0.4, -0.2) is 24.1 Å². The van der Waals surface area contributed by atoms with E-state index in [-0.39, 0.29) is 0 Å². The minimum atomic E-state index is -0.432. The molecular formula is C14H21N3O2. The van der Waals surface area contributed by atoms with Crippen LogP contribution in [0.4, 0.5) is 11.5 Å². The quantitative estimate of drug-likeness (QED) is 0.771. The summed E-state index contributed by atoms with van der Waals surface area (Å²) in [6, 6.07) is 2.06. The highest BCUT2D eigenvalue weighted by Crippen LogP contribution is 2.34. The summed E-state index contributed by atoms with van der Waals surface area (Å²) < 4.78 is 4.70. The summed E-state index contributed by atoms with van der Waals surface area (Å²) in [5.41, 5.74) is 6.43. The molecule has 3 N–H and O–H groups in total. The van der Waals surface area contributed by atoms with Crippen molar-refractivity contribution in [1.29, 1.82) is 0 Å². The van der Waals surface area contributed by atoms with E-state index in [0.29, 0.717) is 23.1 Å². The number of pyridine rings is 1. The maximum atomic E-state index is 11.6. The second-order valence-electron chi connectivity index (χ2n) is 5.08. The summed E-state index contributed by atoms with van der Waals surface area (Å²) >= 11 is 0. The molecule has 0 amide bonds. The molecule has 1 aromatic heterocycles. The van der Waals surface area contributed by atoms with Gasteiger partial charge < -0.3 is 15.8 Å². The molecule has 1 aliphatic rings. The van der Waals surface area contributed by atoms with E-state index in [1.54, 1.807) is 6.07 Å². The highest BCUT2D eigenvalue weighted by atomic mass is 16.5. The number of hydrogen-bond donors (Lipinski definition) is 2. The van der Waals surface area contributed by atoms with Crippen LogP contribution in [0.3, 0.4) is 0 Å². The molecule has 0 aliphatic heterocycles. The third kappa shape index (κ3) is 3.59. The lowest BCUT2D eigenvalue weighted by Crippen LogP contribution is -2.20. The van der Waals surface area contributed by atoms with Gasteiger partial charge in [-0.2, -0.15) is 0 Å². The molecular weight excluding hydrogens is 242 g/mol. The van der Waals surface area contributed by atoms with Crippen LogP contribution in [-0.2, 0) is 4.74 Å². The normalized spacial score (nSPS) is 15.9. The van der Waals surface area contributed by atoms with Gasteiger partial charge in [-0.1, -0.05) is 19.8 Å². The Balaban J connectivity index is 2.08. The zero-order valence-corrected chi connectivity index (χ0v) is 11.5. The van der Waals surface area contributed by atoms with Gasteiger partial charge in [-0.25, -0.2) is 9.78 Å². The largest absolute Gasteiger partial charge is 0.465 e.